The lowest BCUT2D eigenvalue weighted by Gasteiger charge is -2.07. The Morgan fingerprint density at radius 3 is 2.64 bits per heavy atom. The van der Waals surface area contributed by atoms with E-state index in [1.54, 1.807) is 13.4 Å². The molecular formula is C16H19N5O. The first-order valence-electron chi connectivity index (χ1n) is 7.24. The van der Waals surface area contributed by atoms with Crippen LogP contribution in [0.4, 0.5) is 0 Å². The van der Waals surface area contributed by atoms with E-state index in [1.807, 2.05) is 52.8 Å². The summed E-state index contributed by atoms with van der Waals surface area (Å²) in [7, 11) is 1.67. The maximum atomic E-state index is 5.17. The van der Waals surface area contributed by atoms with Gasteiger partial charge in [0.15, 0.2) is 0 Å². The Bertz CT molecular complexity index is 729. The van der Waals surface area contributed by atoms with Crippen LogP contribution in [-0.2, 0) is 19.5 Å². The Labute approximate surface area is 129 Å². The number of hydrogen-bond donors (Lipinski definition) is 0. The number of nitrogens with zero attached hydrogens (tertiary/aromatic N) is 5. The van der Waals surface area contributed by atoms with Crippen molar-refractivity contribution < 1.29 is 4.74 Å². The van der Waals surface area contributed by atoms with E-state index in [-0.39, 0.29) is 0 Å². The lowest BCUT2D eigenvalue weighted by atomic mass is 10.2. The van der Waals surface area contributed by atoms with Gasteiger partial charge in [0, 0.05) is 19.2 Å². The molecule has 2 heterocycles. The number of rotatable bonds is 6. The summed E-state index contributed by atoms with van der Waals surface area (Å²) >= 11 is 0. The van der Waals surface area contributed by atoms with Gasteiger partial charge in [0.1, 0.15) is 17.9 Å². The third-order valence-electron chi connectivity index (χ3n) is 3.53. The Hall–Kier alpha value is -2.63. The Balaban J connectivity index is 1.66. The zero-order valence-electron chi connectivity index (χ0n) is 12.8. The van der Waals surface area contributed by atoms with Crippen molar-refractivity contribution in [2.75, 3.05) is 7.11 Å². The molecule has 0 N–H and O–H groups in total. The van der Waals surface area contributed by atoms with Gasteiger partial charge in [0.25, 0.3) is 0 Å². The van der Waals surface area contributed by atoms with Crippen LogP contribution in [0.1, 0.15) is 17.1 Å². The number of benzene rings is 1. The summed E-state index contributed by atoms with van der Waals surface area (Å²) in [5.74, 6) is 1.82. The second-order valence-electron chi connectivity index (χ2n) is 5.15. The minimum atomic E-state index is 0.706. The van der Waals surface area contributed by atoms with Gasteiger partial charge in [0.05, 0.1) is 19.3 Å². The Kier molecular flexibility index (Phi) is 4.18. The quantitative estimate of drug-likeness (QED) is 0.699. The molecule has 1 aromatic carbocycles. The average molecular weight is 297 g/mol. The fourth-order valence-corrected chi connectivity index (χ4v) is 2.32. The molecule has 0 unspecified atom stereocenters. The van der Waals surface area contributed by atoms with E-state index < -0.39 is 0 Å². The van der Waals surface area contributed by atoms with E-state index in [1.165, 1.54) is 5.56 Å². The molecule has 3 aromatic rings. The maximum Gasteiger partial charge on any atom is 0.138 e. The van der Waals surface area contributed by atoms with Crippen LogP contribution in [-0.4, -0.2) is 31.7 Å². The van der Waals surface area contributed by atoms with Crippen LogP contribution in [0, 0.1) is 6.92 Å². The van der Waals surface area contributed by atoms with Gasteiger partial charge in [-0.15, -0.1) is 0 Å². The molecule has 0 aliphatic heterocycles. The SMILES string of the molecule is COc1ccc(Cn2ncnc2CCn2ccc(C)n2)cc1. The predicted octanol–water partition coefficient (Wildman–Crippen LogP) is 2.08. The van der Waals surface area contributed by atoms with Crippen molar-refractivity contribution in [3.63, 3.8) is 0 Å². The van der Waals surface area contributed by atoms with E-state index >= 15 is 0 Å². The van der Waals surface area contributed by atoms with Crippen molar-refractivity contribution >= 4 is 0 Å². The fraction of sp³-hybridized carbons (Fsp3) is 0.312. The highest BCUT2D eigenvalue weighted by atomic mass is 16.5. The highest BCUT2D eigenvalue weighted by molar-refractivity contribution is 5.27. The molecule has 0 saturated heterocycles. The molecule has 2 aromatic heterocycles. The van der Waals surface area contributed by atoms with Crippen molar-refractivity contribution in [2.24, 2.45) is 0 Å². The minimum Gasteiger partial charge on any atom is -0.497 e. The van der Waals surface area contributed by atoms with E-state index in [2.05, 4.69) is 15.2 Å². The number of methoxy groups -OCH3 is 1. The van der Waals surface area contributed by atoms with Crippen LogP contribution in [0.2, 0.25) is 0 Å². The number of aryl methyl sites for hydroxylation is 3. The lowest BCUT2D eigenvalue weighted by Crippen LogP contribution is -2.10. The van der Waals surface area contributed by atoms with E-state index in [4.69, 9.17) is 4.74 Å². The van der Waals surface area contributed by atoms with E-state index in [9.17, 15) is 0 Å². The molecule has 0 spiro atoms. The van der Waals surface area contributed by atoms with Gasteiger partial charge in [-0.05, 0) is 30.7 Å². The van der Waals surface area contributed by atoms with Crippen molar-refractivity contribution in [3.8, 4) is 5.75 Å². The predicted molar refractivity (Wildman–Crippen MR) is 82.8 cm³/mol. The molecule has 0 aliphatic carbocycles. The van der Waals surface area contributed by atoms with Gasteiger partial charge in [-0.2, -0.15) is 10.2 Å². The second kappa shape index (κ2) is 6.43. The standard InChI is InChI=1S/C16H19N5O/c1-13-7-9-20(19-13)10-8-16-17-12-18-21(16)11-14-3-5-15(22-2)6-4-14/h3-7,9,12H,8,10-11H2,1-2H3. The molecule has 0 aliphatic rings. The average Bonchev–Trinajstić information content (AvgIpc) is 3.15. The zero-order valence-corrected chi connectivity index (χ0v) is 12.8. The molecule has 0 saturated carbocycles. The smallest absolute Gasteiger partial charge is 0.138 e. The summed E-state index contributed by atoms with van der Waals surface area (Å²) in [6, 6.07) is 10.0. The van der Waals surface area contributed by atoms with E-state index in [0.29, 0.717) is 6.54 Å². The second-order valence-corrected chi connectivity index (χ2v) is 5.15. The van der Waals surface area contributed by atoms with Gasteiger partial charge in [-0.1, -0.05) is 12.1 Å². The van der Waals surface area contributed by atoms with Crippen molar-refractivity contribution in [3.05, 3.63) is 59.9 Å². The first kappa shape index (κ1) is 14.3. The minimum absolute atomic E-state index is 0.706. The molecule has 6 heteroatoms. The summed E-state index contributed by atoms with van der Waals surface area (Å²) in [6.45, 7) is 3.50. The summed E-state index contributed by atoms with van der Waals surface area (Å²) in [6.07, 6.45) is 4.39. The molecule has 0 amide bonds. The lowest BCUT2D eigenvalue weighted by molar-refractivity contribution is 0.414. The van der Waals surface area contributed by atoms with Gasteiger partial charge in [-0.3, -0.25) is 4.68 Å². The highest BCUT2D eigenvalue weighted by Crippen LogP contribution is 2.12. The summed E-state index contributed by atoms with van der Waals surface area (Å²) in [5, 5.41) is 8.70. The van der Waals surface area contributed by atoms with Crippen molar-refractivity contribution in [1.82, 2.24) is 24.5 Å². The topological polar surface area (TPSA) is 57.8 Å². The monoisotopic (exact) mass is 297 g/mol. The van der Waals surface area contributed by atoms with Gasteiger partial charge >= 0.3 is 0 Å². The highest BCUT2D eigenvalue weighted by Gasteiger charge is 2.06. The molecule has 0 fully saturated rings. The maximum absolute atomic E-state index is 5.17. The van der Waals surface area contributed by atoms with Crippen LogP contribution < -0.4 is 4.74 Å². The number of ether oxygens (including phenoxy) is 1. The first-order chi connectivity index (χ1) is 10.7. The molecule has 0 radical (unpaired) electrons. The van der Waals surface area contributed by atoms with Gasteiger partial charge in [0.2, 0.25) is 0 Å². The van der Waals surface area contributed by atoms with Gasteiger partial charge in [-0.25, -0.2) is 9.67 Å². The third kappa shape index (κ3) is 3.33. The molecule has 0 bridgehead atoms. The summed E-state index contributed by atoms with van der Waals surface area (Å²) in [4.78, 5) is 4.35. The number of hydrogen-bond acceptors (Lipinski definition) is 4. The first-order valence-corrected chi connectivity index (χ1v) is 7.24. The van der Waals surface area contributed by atoms with Crippen LogP contribution in [0.25, 0.3) is 0 Å². The molecule has 6 nitrogen and oxygen atoms in total. The Morgan fingerprint density at radius 1 is 1.14 bits per heavy atom. The fourth-order valence-electron chi connectivity index (χ4n) is 2.32. The molecule has 0 atom stereocenters. The zero-order chi connectivity index (χ0) is 15.4. The van der Waals surface area contributed by atoms with Crippen LogP contribution in [0.5, 0.6) is 5.75 Å². The van der Waals surface area contributed by atoms with Crippen LogP contribution >= 0.6 is 0 Å². The molecular weight excluding hydrogens is 278 g/mol. The van der Waals surface area contributed by atoms with Crippen LogP contribution in [0.3, 0.4) is 0 Å². The van der Waals surface area contributed by atoms with Crippen molar-refractivity contribution in [2.45, 2.75) is 26.4 Å². The van der Waals surface area contributed by atoms with Crippen molar-refractivity contribution in [1.29, 1.82) is 0 Å². The summed E-state index contributed by atoms with van der Waals surface area (Å²) in [5.41, 5.74) is 2.20. The number of aromatic nitrogens is 5. The third-order valence-corrected chi connectivity index (χ3v) is 3.53. The molecule has 22 heavy (non-hydrogen) atoms. The largest absolute Gasteiger partial charge is 0.497 e. The Morgan fingerprint density at radius 2 is 1.95 bits per heavy atom. The molecule has 114 valence electrons. The molecule has 3 rings (SSSR count). The van der Waals surface area contributed by atoms with Crippen LogP contribution in [0.15, 0.2) is 42.9 Å². The normalized spacial score (nSPS) is 10.8. The van der Waals surface area contributed by atoms with Gasteiger partial charge < -0.3 is 4.74 Å². The summed E-state index contributed by atoms with van der Waals surface area (Å²) < 4.78 is 9.03. The van der Waals surface area contributed by atoms with E-state index in [0.717, 1.165) is 30.2 Å².